The molecule has 3 aromatic rings. The lowest BCUT2D eigenvalue weighted by Crippen LogP contribution is -2.31. The Balaban J connectivity index is 1.75. The van der Waals surface area contributed by atoms with Gasteiger partial charge >= 0.3 is 0 Å². The number of anilines is 2. The van der Waals surface area contributed by atoms with E-state index in [-0.39, 0.29) is 11.7 Å². The topological polar surface area (TPSA) is 58.1 Å². The summed E-state index contributed by atoms with van der Waals surface area (Å²) in [4.78, 5) is 23.1. The third-order valence-electron chi connectivity index (χ3n) is 4.11. The van der Waals surface area contributed by atoms with Crippen molar-refractivity contribution in [2.24, 2.45) is 0 Å². The molecular weight excluding hydrogens is 343 g/mol. The summed E-state index contributed by atoms with van der Waals surface area (Å²) in [5, 5.41) is 3.07. The maximum atomic E-state index is 13.0. The largest absolute Gasteiger partial charge is 0.350 e. The second-order valence-corrected chi connectivity index (χ2v) is 6.13. The number of aromatic nitrogens is 2. The quantitative estimate of drug-likeness (QED) is 0.712. The molecule has 5 nitrogen and oxygen atoms in total. The van der Waals surface area contributed by atoms with Crippen LogP contribution in [0.3, 0.4) is 0 Å². The zero-order valence-electron chi connectivity index (χ0n) is 15.3. The molecule has 1 N–H and O–H groups in total. The van der Waals surface area contributed by atoms with Gasteiger partial charge in [0.1, 0.15) is 11.5 Å². The number of hydrogen-bond donors (Lipinski definition) is 1. The van der Waals surface area contributed by atoms with Crippen molar-refractivity contribution in [1.29, 1.82) is 0 Å². The number of carbonyl (C=O) groups is 1. The number of amides is 1. The molecule has 0 saturated carbocycles. The molecule has 2 aromatic carbocycles. The fourth-order valence-corrected chi connectivity index (χ4v) is 2.72. The summed E-state index contributed by atoms with van der Waals surface area (Å²) in [6.07, 6.45) is 1.55. The Labute approximate surface area is 157 Å². The molecule has 0 aliphatic rings. The van der Waals surface area contributed by atoms with Gasteiger partial charge in [0, 0.05) is 25.0 Å². The van der Waals surface area contributed by atoms with Crippen LogP contribution in [0.2, 0.25) is 0 Å². The summed E-state index contributed by atoms with van der Waals surface area (Å²) in [5.41, 5.74) is 3.13. The van der Waals surface area contributed by atoms with E-state index < -0.39 is 0 Å². The van der Waals surface area contributed by atoms with Gasteiger partial charge in [-0.05, 0) is 55.3 Å². The monoisotopic (exact) mass is 364 g/mol. The predicted molar refractivity (Wildman–Crippen MR) is 104 cm³/mol. The van der Waals surface area contributed by atoms with E-state index in [4.69, 9.17) is 0 Å². The summed E-state index contributed by atoms with van der Waals surface area (Å²) in [6.45, 7) is 4.89. The van der Waals surface area contributed by atoms with Crippen LogP contribution < -0.4 is 10.2 Å². The van der Waals surface area contributed by atoms with E-state index >= 15 is 0 Å². The van der Waals surface area contributed by atoms with E-state index in [2.05, 4.69) is 15.3 Å². The smallest absolute Gasteiger partial charge is 0.277 e. The van der Waals surface area contributed by atoms with Crippen LogP contribution in [-0.2, 0) is 6.54 Å². The second kappa shape index (κ2) is 8.40. The zero-order chi connectivity index (χ0) is 19.2. The lowest BCUT2D eigenvalue weighted by molar-refractivity contribution is 0.0983. The molecule has 0 aliphatic heterocycles. The van der Waals surface area contributed by atoms with Crippen LogP contribution in [0.1, 0.15) is 28.5 Å². The van der Waals surface area contributed by atoms with Gasteiger partial charge < -0.3 is 10.2 Å². The highest BCUT2D eigenvalue weighted by Crippen LogP contribution is 2.18. The fraction of sp³-hybridized carbons (Fsp3) is 0.190. The standard InChI is InChI=1S/C21H21FN4O/c1-3-26(18-6-4-5-15(2)13-18)20(27)19-11-12-23-21(25-19)24-14-16-7-9-17(22)10-8-16/h4-13H,3,14H2,1-2H3,(H,23,24,25). The number of aryl methyl sites for hydroxylation is 1. The Bertz CT molecular complexity index is 927. The van der Waals surface area contributed by atoms with E-state index in [0.717, 1.165) is 16.8 Å². The summed E-state index contributed by atoms with van der Waals surface area (Å²) < 4.78 is 13.0. The van der Waals surface area contributed by atoms with Crippen molar-refractivity contribution in [3.05, 3.63) is 83.4 Å². The van der Waals surface area contributed by atoms with Crippen molar-refractivity contribution in [3.8, 4) is 0 Å². The molecule has 0 unspecified atom stereocenters. The van der Waals surface area contributed by atoms with Gasteiger partial charge in [0.15, 0.2) is 0 Å². The average molecular weight is 364 g/mol. The number of benzene rings is 2. The van der Waals surface area contributed by atoms with Gasteiger partial charge in [-0.25, -0.2) is 14.4 Å². The Morgan fingerprint density at radius 3 is 2.63 bits per heavy atom. The molecule has 1 amide bonds. The number of carbonyl (C=O) groups excluding carboxylic acids is 1. The number of rotatable bonds is 6. The van der Waals surface area contributed by atoms with Crippen molar-refractivity contribution >= 4 is 17.5 Å². The van der Waals surface area contributed by atoms with Crippen LogP contribution in [0.4, 0.5) is 16.0 Å². The minimum atomic E-state index is -0.279. The third kappa shape index (κ3) is 4.67. The Hall–Kier alpha value is -3.28. The number of halogens is 1. The normalized spacial score (nSPS) is 10.5. The molecule has 0 radical (unpaired) electrons. The highest BCUT2D eigenvalue weighted by Gasteiger charge is 2.18. The maximum Gasteiger partial charge on any atom is 0.277 e. The maximum absolute atomic E-state index is 13.0. The first kappa shape index (κ1) is 18.5. The molecule has 1 aromatic heterocycles. The second-order valence-electron chi connectivity index (χ2n) is 6.13. The molecule has 0 bridgehead atoms. The van der Waals surface area contributed by atoms with Crippen molar-refractivity contribution in [3.63, 3.8) is 0 Å². The first-order valence-corrected chi connectivity index (χ1v) is 8.76. The first-order chi connectivity index (χ1) is 13.1. The van der Waals surface area contributed by atoms with E-state index in [1.165, 1.54) is 12.1 Å². The molecule has 0 saturated heterocycles. The Morgan fingerprint density at radius 2 is 1.93 bits per heavy atom. The zero-order valence-corrected chi connectivity index (χ0v) is 15.3. The molecule has 0 atom stereocenters. The third-order valence-corrected chi connectivity index (χ3v) is 4.11. The van der Waals surface area contributed by atoms with Crippen molar-refractivity contribution in [2.45, 2.75) is 20.4 Å². The summed E-state index contributed by atoms with van der Waals surface area (Å²) in [7, 11) is 0. The van der Waals surface area contributed by atoms with Crippen molar-refractivity contribution in [2.75, 3.05) is 16.8 Å². The highest BCUT2D eigenvalue weighted by molar-refractivity contribution is 6.04. The van der Waals surface area contributed by atoms with Crippen molar-refractivity contribution in [1.82, 2.24) is 9.97 Å². The van der Waals surface area contributed by atoms with E-state index in [1.807, 2.05) is 38.1 Å². The number of nitrogens with one attached hydrogen (secondary N) is 1. The van der Waals surface area contributed by atoms with Crippen LogP contribution >= 0.6 is 0 Å². The lowest BCUT2D eigenvalue weighted by atomic mass is 10.2. The number of hydrogen-bond acceptors (Lipinski definition) is 4. The SMILES string of the molecule is CCN(C(=O)c1ccnc(NCc2ccc(F)cc2)n1)c1cccc(C)c1. The minimum Gasteiger partial charge on any atom is -0.350 e. The highest BCUT2D eigenvalue weighted by atomic mass is 19.1. The van der Waals surface area contributed by atoms with Crippen LogP contribution in [0, 0.1) is 12.7 Å². The summed E-state index contributed by atoms with van der Waals surface area (Å²) in [6, 6.07) is 15.6. The molecule has 0 fully saturated rings. The van der Waals surface area contributed by atoms with Gasteiger partial charge in [0.2, 0.25) is 5.95 Å². The molecule has 6 heteroatoms. The van der Waals surface area contributed by atoms with Crippen LogP contribution in [0.15, 0.2) is 60.8 Å². The van der Waals surface area contributed by atoms with Gasteiger partial charge in [-0.1, -0.05) is 24.3 Å². The fourth-order valence-electron chi connectivity index (χ4n) is 2.72. The van der Waals surface area contributed by atoms with Crippen LogP contribution in [0.5, 0.6) is 0 Å². The Kier molecular flexibility index (Phi) is 5.76. The Morgan fingerprint density at radius 1 is 1.15 bits per heavy atom. The van der Waals surface area contributed by atoms with E-state index in [1.54, 1.807) is 29.3 Å². The van der Waals surface area contributed by atoms with Gasteiger partial charge in [-0.3, -0.25) is 4.79 Å². The van der Waals surface area contributed by atoms with Crippen LogP contribution in [0.25, 0.3) is 0 Å². The van der Waals surface area contributed by atoms with Crippen LogP contribution in [-0.4, -0.2) is 22.4 Å². The molecule has 0 spiro atoms. The number of nitrogens with zero attached hydrogens (tertiary/aromatic N) is 3. The molecular formula is C21H21FN4O. The molecule has 27 heavy (non-hydrogen) atoms. The molecule has 138 valence electrons. The van der Waals surface area contributed by atoms with E-state index in [0.29, 0.717) is 24.7 Å². The summed E-state index contributed by atoms with van der Waals surface area (Å²) in [5.74, 6) is -0.112. The van der Waals surface area contributed by atoms with Gasteiger partial charge in [-0.15, -0.1) is 0 Å². The predicted octanol–water partition coefficient (Wildman–Crippen LogP) is 4.20. The van der Waals surface area contributed by atoms with Gasteiger partial charge in [0.05, 0.1) is 0 Å². The molecule has 0 aliphatic carbocycles. The van der Waals surface area contributed by atoms with Crippen molar-refractivity contribution < 1.29 is 9.18 Å². The van der Waals surface area contributed by atoms with Gasteiger partial charge in [0.25, 0.3) is 5.91 Å². The first-order valence-electron chi connectivity index (χ1n) is 8.76. The minimum absolute atomic E-state index is 0.185. The molecule has 3 rings (SSSR count). The molecule has 1 heterocycles. The van der Waals surface area contributed by atoms with E-state index in [9.17, 15) is 9.18 Å². The average Bonchev–Trinajstić information content (AvgIpc) is 2.68. The summed E-state index contributed by atoms with van der Waals surface area (Å²) >= 11 is 0. The lowest BCUT2D eigenvalue weighted by Gasteiger charge is -2.21. The van der Waals surface area contributed by atoms with Gasteiger partial charge in [-0.2, -0.15) is 0 Å².